The largest absolute Gasteiger partial charge is 0.493 e. The molecule has 1 aliphatic rings. The summed E-state index contributed by atoms with van der Waals surface area (Å²) in [6, 6.07) is 10.2. The molecule has 0 unspecified atom stereocenters. The second-order valence-electron chi connectivity index (χ2n) is 8.61. The van der Waals surface area contributed by atoms with Crippen LogP contribution in [0.1, 0.15) is 25.5 Å². The molecule has 2 aromatic carbocycles. The van der Waals surface area contributed by atoms with Crippen LogP contribution in [-0.2, 0) is 21.2 Å². The van der Waals surface area contributed by atoms with Gasteiger partial charge in [-0.2, -0.15) is 4.31 Å². The van der Waals surface area contributed by atoms with Gasteiger partial charge in [-0.15, -0.1) is 0 Å². The summed E-state index contributed by atoms with van der Waals surface area (Å²) in [5.41, 5.74) is 1.53. The number of methoxy groups -OCH3 is 2. The number of nitrogens with zero attached hydrogens (tertiary/aromatic N) is 3. The lowest BCUT2D eigenvalue weighted by atomic mass is 10.1. The highest BCUT2D eigenvalue weighted by Crippen LogP contribution is 2.29. The number of amides is 1. The lowest BCUT2D eigenvalue weighted by Gasteiger charge is -2.34. The fraction of sp³-hybridized carbons (Fsp3) is 0.417. The Morgan fingerprint density at radius 1 is 1.00 bits per heavy atom. The predicted octanol–water partition coefficient (Wildman–Crippen LogP) is 2.74. The molecule has 4 rings (SSSR count). The van der Waals surface area contributed by atoms with Crippen LogP contribution in [0.3, 0.4) is 0 Å². The van der Waals surface area contributed by atoms with E-state index >= 15 is 0 Å². The van der Waals surface area contributed by atoms with Gasteiger partial charge in [0.1, 0.15) is 0 Å². The summed E-state index contributed by atoms with van der Waals surface area (Å²) >= 11 is 1.05. The molecule has 0 spiro atoms. The minimum Gasteiger partial charge on any atom is -0.493 e. The summed E-state index contributed by atoms with van der Waals surface area (Å²) < 4.78 is 40.8. The average Bonchev–Trinajstić information content (AvgIpc) is 3.19. The molecule has 1 amide bonds. The number of sulfonamides is 1. The van der Waals surface area contributed by atoms with Gasteiger partial charge in [-0.25, -0.2) is 8.42 Å². The Morgan fingerprint density at radius 3 is 2.31 bits per heavy atom. The van der Waals surface area contributed by atoms with Crippen molar-refractivity contribution in [2.24, 2.45) is 0 Å². The zero-order valence-electron chi connectivity index (χ0n) is 20.2. The molecule has 11 heteroatoms. The minimum atomic E-state index is -3.74. The van der Waals surface area contributed by atoms with Gasteiger partial charge in [-0.3, -0.25) is 14.2 Å². The van der Waals surface area contributed by atoms with Crippen LogP contribution < -0.4 is 14.3 Å². The van der Waals surface area contributed by atoms with E-state index in [-0.39, 0.29) is 41.2 Å². The third-order valence-corrected chi connectivity index (χ3v) is 8.95. The zero-order valence-corrected chi connectivity index (χ0v) is 21.8. The van der Waals surface area contributed by atoms with E-state index in [1.807, 2.05) is 19.9 Å². The number of thiazole rings is 1. The number of hydrogen-bond donors (Lipinski definition) is 0. The van der Waals surface area contributed by atoms with Gasteiger partial charge in [0.25, 0.3) is 0 Å². The highest BCUT2D eigenvalue weighted by Gasteiger charge is 2.30. The standard InChI is InChI=1S/C24H29N3O6S2/c1-16(2)27-19-7-6-18(15-22(19)34-24(27)29)35(30,31)26-11-9-25(10-12-26)23(28)14-17-5-8-20(32-3)21(13-17)33-4/h5-8,13,15-16H,9-12,14H2,1-4H3. The van der Waals surface area contributed by atoms with Crippen molar-refractivity contribution < 1.29 is 22.7 Å². The van der Waals surface area contributed by atoms with Crippen LogP contribution in [0.2, 0.25) is 0 Å². The highest BCUT2D eigenvalue weighted by atomic mass is 32.2. The van der Waals surface area contributed by atoms with Gasteiger partial charge in [-0.05, 0) is 49.7 Å². The first kappa shape index (κ1) is 25.2. The molecule has 0 atom stereocenters. The van der Waals surface area contributed by atoms with Gasteiger partial charge in [0.2, 0.25) is 15.9 Å². The van der Waals surface area contributed by atoms with Gasteiger partial charge in [0.15, 0.2) is 11.5 Å². The summed E-state index contributed by atoms with van der Waals surface area (Å²) in [5.74, 6) is 1.07. The van der Waals surface area contributed by atoms with Gasteiger partial charge in [0, 0.05) is 32.2 Å². The number of piperazine rings is 1. The zero-order chi connectivity index (χ0) is 25.3. The molecule has 1 aromatic heterocycles. The van der Waals surface area contributed by atoms with Crippen LogP contribution in [0.15, 0.2) is 46.1 Å². The third-order valence-electron chi connectivity index (χ3n) is 6.13. The summed E-state index contributed by atoms with van der Waals surface area (Å²) in [7, 11) is -0.646. The van der Waals surface area contributed by atoms with Crippen molar-refractivity contribution in [1.29, 1.82) is 0 Å². The van der Waals surface area contributed by atoms with Crippen molar-refractivity contribution in [1.82, 2.24) is 13.8 Å². The fourth-order valence-corrected chi connectivity index (χ4v) is 6.85. The normalized spacial score (nSPS) is 15.1. The molecule has 0 N–H and O–H groups in total. The first-order valence-electron chi connectivity index (χ1n) is 11.3. The van der Waals surface area contributed by atoms with Crippen molar-refractivity contribution in [2.45, 2.75) is 31.2 Å². The Labute approximate surface area is 208 Å². The predicted molar refractivity (Wildman–Crippen MR) is 135 cm³/mol. The lowest BCUT2D eigenvalue weighted by molar-refractivity contribution is -0.131. The van der Waals surface area contributed by atoms with Crippen molar-refractivity contribution in [3.05, 3.63) is 51.6 Å². The van der Waals surface area contributed by atoms with Gasteiger partial charge in [-0.1, -0.05) is 17.4 Å². The molecule has 1 saturated heterocycles. The molecule has 1 fully saturated rings. The van der Waals surface area contributed by atoms with Crippen LogP contribution in [-0.4, -0.2) is 68.5 Å². The molecule has 2 heterocycles. The first-order chi connectivity index (χ1) is 16.6. The number of hydrogen-bond acceptors (Lipinski definition) is 7. The molecule has 9 nitrogen and oxygen atoms in total. The summed E-state index contributed by atoms with van der Waals surface area (Å²) in [6.45, 7) is 4.88. The van der Waals surface area contributed by atoms with Gasteiger partial charge >= 0.3 is 4.87 Å². The van der Waals surface area contributed by atoms with E-state index in [0.717, 1.165) is 22.4 Å². The number of carbonyl (C=O) groups is 1. The Kier molecular flexibility index (Phi) is 7.20. The Morgan fingerprint density at radius 2 is 1.69 bits per heavy atom. The van der Waals surface area contributed by atoms with E-state index in [4.69, 9.17) is 9.47 Å². The van der Waals surface area contributed by atoms with Crippen LogP contribution >= 0.6 is 11.3 Å². The maximum absolute atomic E-state index is 13.3. The van der Waals surface area contributed by atoms with Gasteiger partial charge in [0.05, 0.1) is 35.8 Å². The maximum atomic E-state index is 13.3. The topological polar surface area (TPSA) is 98.2 Å². The number of fused-ring (bicyclic) bond motifs is 1. The molecular weight excluding hydrogens is 490 g/mol. The molecular formula is C24H29N3O6S2. The van der Waals surface area contributed by atoms with E-state index in [1.165, 1.54) is 4.31 Å². The second-order valence-corrected chi connectivity index (χ2v) is 11.5. The molecule has 0 bridgehead atoms. The van der Waals surface area contributed by atoms with Crippen LogP contribution in [0.25, 0.3) is 10.2 Å². The smallest absolute Gasteiger partial charge is 0.308 e. The Hall–Kier alpha value is -2.89. The highest BCUT2D eigenvalue weighted by molar-refractivity contribution is 7.89. The SMILES string of the molecule is COc1ccc(CC(=O)N2CCN(S(=O)(=O)c3ccc4c(c3)sc(=O)n4C(C)C)CC2)cc1OC. The van der Waals surface area contributed by atoms with Crippen LogP contribution in [0.4, 0.5) is 0 Å². The van der Waals surface area contributed by atoms with E-state index in [2.05, 4.69) is 0 Å². The fourth-order valence-electron chi connectivity index (χ4n) is 4.27. The number of rotatable bonds is 7. The Bertz CT molecular complexity index is 1400. The lowest BCUT2D eigenvalue weighted by Crippen LogP contribution is -2.50. The van der Waals surface area contributed by atoms with Crippen LogP contribution in [0.5, 0.6) is 11.5 Å². The van der Waals surface area contributed by atoms with Crippen LogP contribution in [0, 0.1) is 0 Å². The van der Waals surface area contributed by atoms with E-state index < -0.39 is 10.0 Å². The summed E-state index contributed by atoms with van der Waals surface area (Å²) in [4.78, 5) is 26.9. The van der Waals surface area contributed by atoms with Crippen molar-refractivity contribution in [3.8, 4) is 11.5 Å². The van der Waals surface area contributed by atoms with Gasteiger partial charge < -0.3 is 14.4 Å². The van der Waals surface area contributed by atoms with Crippen molar-refractivity contribution in [3.63, 3.8) is 0 Å². The summed E-state index contributed by atoms with van der Waals surface area (Å²) in [5, 5.41) is 0. The first-order valence-corrected chi connectivity index (χ1v) is 13.5. The van der Waals surface area contributed by atoms with Crippen molar-refractivity contribution >= 4 is 37.5 Å². The Balaban J connectivity index is 1.44. The molecule has 0 aliphatic carbocycles. The number of aromatic nitrogens is 1. The second kappa shape index (κ2) is 10.00. The number of carbonyl (C=O) groups excluding carboxylic acids is 1. The summed E-state index contributed by atoms with van der Waals surface area (Å²) in [6.07, 6.45) is 0.190. The van der Waals surface area contributed by atoms with E-state index in [0.29, 0.717) is 29.3 Å². The molecule has 3 aromatic rings. The quantitative estimate of drug-likeness (QED) is 0.476. The molecule has 188 valence electrons. The monoisotopic (exact) mass is 519 g/mol. The molecule has 35 heavy (non-hydrogen) atoms. The third kappa shape index (κ3) is 4.93. The average molecular weight is 520 g/mol. The number of benzene rings is 2. The van der Waals surface area contributed by atoms with Crippen molar-refractivity contribution in [2.75, 3.05) is 40.4 Å². The van der Waals surface area contributed by atoms with E-state index in [1.54, 1.807) is 54.0 Å². The molecule has 0 radical (unpaired) electrons. The van der Waals surface area contributed by atoms with E-state index in [9.17, 15) is 18.0 Å². The molecule has 1 aliphatic heterocycles. The maximum Gasteiger partial charge on any atom is 0.308 e. The minimum absolute atomic E-state index is 0.0108. The molecule has 0 saturated carbocycles. The number of ether oxygens (including phenoxy) is 2.